The molecule has 17 heavy (non-hydrogen) atoms. The molecule has 1 spiro atoms. The minimum atomic E-state index is -3.74. The van der Waals surface area contributed by atoms with Gasteiger partial charge in [-0.25, -0.2) is 8.42 Å². The molecule has 1 fully saturated rings. The van der Waals surface area contributed by atoms with E-state index in [0.29, 0.717) is 5.69 Å². The molecule has 1 aromatic carbocycles. The van der Waals surface area contributed by atoms with E-state index in [1.807, 2.05) is 0 Å². The van der Waals surface area contributed by atoms with Crippen molar-refractivity contribution in [3.05, 3.63) is 23.8 Å². The summed E-state index contributed by atoms with van der Waals surface area (Å²) in [5.41, 5.74) is 0.974. The second-order valence-electron chi connectivity index (χ2n) is 4.54. The summed E-state index contributed by atoms with van der Waals surface area (Å²) in [5, 5.41) is 2.79. The Morgan fingerprint density at radius 2 is 2.00 bits per heavy atom. The Labute approximate surface area is 103 Å². The van der Waals surface area contributed by atoms with E-state index in [2.05, 4.69) is 5.32 Å². The van der Waals surface area contributed by atoms with E-state index in [4.69, 9.17) is 10.7 Å². The molecule has 1 aromatic rings. The molecule has 1 amide bonds. The lowest BCUT2D eigenvalue weighted by atomic mass is 9.65. The number of nitrogens with one attached hydrogen (secondary N) is 1. The normalized spacial score (nSPS) is 20.9. The van der Waals surface area contributed by atoms with Crippen molar-refractivity contribution in [1.29, 1.82) is 0 Å². The highest BCUT2D eigenvalue weighted by Crippen LogP contribution is 2.51. The van der Waals surface area contributed by atoms with Gasteiger partial charge in [0.1, 0.15) is 0 Å². The third kappa shape index (κ3) is 1.42. The quantitative estimate of drug-likeness (QED) is 0.795. The number of hydrogen-bond donors (Lipinski definition) is 1. The van der Waals surface area contributed by atoms with Gasteiger partial charge in [0.05, 0.1) is 10.3 Å². The average Bonchev–Trinajstić information content (AvgIpc) is 2.46. The van der Waals surface area contributed by atoms with Gasteiger partial charge in [-0.15, -0.1) is 0 Å². The molecule has 1 N–H and O–H groups in total. The van der Waals surface area contributed by atoms with Crippen LogP contribution in [0, 0.1) is 0 Å². The lowest BCUT2D eigenvalue weighted by Crippen LogP contribution is -2.40. The summed E-state index contributed by atoms with van der Waals surface area (Å²) in [6.45, 7) is 0. The fourth-order valence-corrected chi connectivity index (χ4v) is 3.35. The van der Waals surface area contributed by atoms with Gasteiger partial charge in [0.15, 0.2) is 0 Å². The third-order valence-corrected chi connectivity index (χ3v) is 5.03. The second-order valence-corrected chi connectivity index (χ2v) is 7.10. The standard InChI is InChI=1S/C11H10ClNO3S/c12-17(15,16)7-2-3-9-8(6-7)11(4-1-5-11)10(14)13-9/h2-3,6H,1,4-5H2,(H,13,14). The van der Waals surface area contributed by atoms with Gasteiger partial charge >= 0.3 is 0 Å². The highest BCUT2D eigenvalue weighted by molar-refractivity contribution is 8.13. The van der Waals surface area contributed by atoms with Gasteiger partial charge in [-0.05, 0) is 36.6 Å². The molecule has 0 atom stereocenters. The maximum Gasteiger partial charge on any atom is 0.261 e. The van der Waals surface area contributed by atoms with Crippen LogP contribution in [0.5, 0.6) is 0 Å². The molecular formula is C11H10ClNO3S. The fraction of sp³-hybridized carbons (Fsp3) is 0.364. The van der Waals surface area contributed by atoms with E-state index in [-0.39, 0.29) is 10.8 Å². The fourth-order valence-electron chi connectivity index (χ4n) is 2.57. The number of hydrogen-bond acceptors (Lipinski definition) is 3. The number of rotatable bonds is 1. The number of amides is 1. The number of carbonyl (C=O) groups excluding carboxylic acids is 1. The Kier molecular flexibility index (Phi) is 2.10. The molecule has 3 rings (SSSR count). The van der Waals surface area contributed by atoms with E-state index in [0.717, 1.165) is 24.8 Å². The molecule has 4 nitrogen and oxygen atoms in total. The van der Waals surface area contributed by atoms with Crippen LogP contribution < -0.4 is 5.32 Å². The van der Waals surface area contributed by atoms with Crippen molar-refractivity contribution in [3.63, 3.8) is 0 Å². The van der Waals surface area contributed by atoms with Gasteiger partial charge < -0.3 is 5.32 Å². The Morgan fingerprint density at radius 1 is 1.29 bits per heavy atom. The maximum atomic E-state index is 11.9. The summed E-state index contributed by atoms with van der Waals surface area (Å²) in [6.07, 6.45) is 2.54. The average molecular weight is 272 g/mol. The Balaban J connectivity index is 2.19. The van der Waals surface area contributed by atoms with E-state index in [9.17, 15) is 13.2 Å². The van der Waals surface area contributed by atoms with Crippen LogP contribution in [0.15, 0.2) is 23.1 Å². The van der Waals surface area contributed by atoms with Gasteiger partial charge in [-0.2, -0.15) is 0 Å². The zero-order valence-electron chi connectivity index (χ0n) is 8.86. The van der Waals surface area contributed by atoms with Crippen molar-refractivity contribution in [2.75, 3.05) is 5.32 Å². The van der Waals surface area contributed by atoms with Crippen LogP contribution in [0.1, 0.15) is 24.8 Å². The van der Waals surface area contributed by atoms with Gasteiger partial charge in [-0.3, -0.25) is 4.79 Å². The van der Waals surface area contributed by atoms with E-state index < -0.39 is 14.5 Å². The van der Waals surface area contributed by atoms with Crippen molar-refractivity contribution < 1.29 is 13.2 Å². The largest absolute Gasteiger partial charge is 0.325 e. The molecule has 1 aliphatic heterocycles. The summed E-state index contributed by atoms with van der Waals surface area (Å²) < 4.78 is 22.6. The molecule has 0 unspecified atom stereocenters. The molecule has 0 aromatic heterocycles. The lowest BCUT2D eigenvalue weighted by molar-refractivity contribution is -0.123. The first-order chi connectivity index (χ1) is 7.93. The molecule has 2 aliphatic rings. The van der Waals surface area contributed by atoms with E-state index in [1.54, 1.807) is 6.07 Å². The summed E-state index contributed by atoms with van der Waals surface area (Å²) >= 11 is 0. The van der Waals surface area contributed by atoms with Crippen LogP contribution in [-0.4, -0.2) is 14.3 Å². The van der Waals surface area contributed by atoms with Gasteiger partial charge in [0, 0.05) is 16.4 Å². The van der Waals surface area contributed by atoms with Crippen LogP contribution in [0.4, 0.5) is 5.69 Å². The first kappa shape index (κ1) is 11.0. The smallest absolute Gasteiger partial charge is 0.261 e. The molecule has 6 heteroatoms. The molecule has 0 radical (unpaired) electrons. The first-order valence-corrected chi connectivity index (χ1v) is 7.65. The zero-order chi connectivity index (χ0) is 12.3. The SMILES string of the molecule is O=C1Nc2ccc(S(=O)(=O)Cl)cc2C12CCC2. The molecule has 1 heterocycles. The van der Waals surface area contributed by atoms with Crippen molar-refractivity contribution in [2.45, 2.75) is 29.6 Å². The molecule has 0 bridgehead atoms. The highest BCUT2D eigenvalue weighted by atomic mass is 35.7. The zero-order valence-corrected chi connectivity index (χ0v) is 10.4. The predicted molar refractivity (Wildman–Crippen MR) is 63.6 cm³/mol. The summed E-state index contributed by atoms with van der Waals surface area (Å²) in [4.78, 5) is 12.0. The van der Waals surface area contributed by atoms with Gasteiger partial charge in [0.2, 0.25) is 5.91 Å². The topological polar surface area (TPSA) is 63.2 Å². The second kappa shape index (κ2) is 3.23. The van der Waals surface area contributed by atoms with Crippen LogP contribution in [0.25, 0.3) is 0 Å². The van der Waals surface area contributed by atoms with Gasteiger partial charge in [0.25, 0.3) is 9.05 Å². The molecular weight excluding hydrogens is 262 g/mol. The number of anilines is 1. The summed E-state index contributed by atoms with van der Waals surface area (Å²) in [7, 11) is 1.57. The Morgan fingerprint density at radius 3 is 2.53 bits per heavy atom. The van der Waals surface area contributed by atoms with Crippen LogP contribution >= 0.6 is 10.7 Å². The third-order valence-electron chi connectivity index (χ3n) is 3.68. The van der Waals surface area contributed by atoms with Crippen molar-refractivity contribution in [1.82, 2.24) is 0 Å². The van der Waals surface area contributed by atoms with Crippen molar-refractivity contribution >= 4 is 31.3 Å². The Hall–Kier alpha value is -1.07. The van der Waals surface area contributed by atoms with Crippen LogP contribution in [0.3, 0.4) is 0 Å². The minimum Gasteiger partial charge on any atom is -0.325 e. The Bertz CT molecular complexity index is 620. The lowest BCUT2D eigenvalue weighted by Gasteiger charge is -2.36. The number of fused-ring (bicyclic) bond motifs is 2. The highest BCUT2D eigenvalue weighted by Gasteiger charge is 2.51. The van der Waals surface area contributed by atoms with Crippen LogP contribution in [-0.2, 0) is 19.3 Å². The number of benzene rings is 1. The molecule has 1 saturated carbocycles. The van der Waals surface area contributed by atoms with Crippen molar-refractivity contribution in [3.8, 4) is 0 Å². The van der Waals surface area contributed by atoms with E-state index >= 15 is 0 Å². The maximum absolute atomic E-state index is 11.9. The molecule has 1 aliphatic carbocycles. The number of carbonyl (C=O) groups is 1. The minimum absolute atomic E-state index is 0.0251. The van der Waals surface area contributed by atoms with Crippen LogP contribution in [0.2, 0.25) is 0 Å². The van der Waals surface area contributed by atoms with Gasteiger partial charge in [-0.1, -0.05) is 6.42 Å². The summed E-state index contributed by atoms with van der Waals surface area (Å²) in [6, 6.07) is 4.55. The van der Waals surface area contributed by atoms with Crippen molar-refractivity contribution in [2.24, 2.45) is 0 Å². The molecule has 0 saturated heterocycles. The first-order valence-electron chi connectivity index (χ1n) is 5.34. The monoisotopic (exact) mass is 271 g/mol. The predicted octanol–water partition coefficient (Wildman–Crippen LogP) is 1.99. The van der Waals surface area contributed by atoms with E-state index in [1.165, 1.54) is 12.1 Å². The summed E-state index contributed by atoms with van der Waals surface area (Å²) in [5.74, 6) is -0.0251. The number of halogens is 1. The molecule has 90 valence electrons.